The molecular formula is C21H18FN7O3. The summed E-state index contributed by atoms with van der Waals surface area (Å²) in [6.45, 7) is 2.19. The highest BCUT2D eigenvalue weighted by atomic mass is 19.1. The van der Waals surface area contributed by atoms with Gasteiger partial charge in [-0.15, -0.1) is 0 Å². The molecule has 0 radical (unpaired) electrons. The number of hydrogen-bond acceptors (Lipinski definition) is 7. The molecule has 162 valence electrons. The number of benzene rings is 1. The lowest BCUT2D eigenvalue weighted by molar-refractivity contribution is -0.379. The molecule has 0 saturated heterocycles. The molecular weight excluding hydrogens is 417 g/mol. The Balaban J connectivity index is 0.00000245. The van der Waals surface area contributed by atoms with Crippen LogP contribution in [0.1, 0.15) is 11.4 Å². The second kappa shape index (κ2) is 8.12. The Labute approximate surface area is 180 Å². The second-order valence-electron chi connectivity index (χ2n) is 7.03. The molecule has 0 aliphatic rings. The molecule has 32 heavy (non-hydrogen) atoms. The Morgan fingerprint density at radius 2 is 2.00 bits per heavy atom. The van der Waals surface area contributed by atoms with Crippen molar-refractivity contribution in [3.05, 3.63) is 71.2 Å². The zero-order chi connectivity index (χ0) is 21.5. The van der Waals surface area contributed by atoms with Gasteiger partial charge in [-0.05, 0) is 30.7 Å². The largest absolute Gasteiger partial charge is 0.870 e. The summed E-state index contributed by atoms with van der Waals surface area (Å²) < 4.78 is 23.1. The molecule has 0 aliphatic heterocycles. The number of halogens is 1. The van der Waals surface area contributed by atoms with Gasteiger partial charge in [0.1, 0.15) is 23.5 Å². The van der Waals surface area contributed by atoms with E-state index in [4.69, 9.17) is 4.74 Å². The van der Waals surface area contributed by atoms with Gasteiger partial charge in [-0.25, -0.2) is 19.3 Å². The van der Waals surface area contributed by atoms with E-state index in [1.807, 2.05) is 34.4 Å². The van der Waals surface area contributed by atoms with E-state index in [1.165, 1.54) is 12.4 Å². The van der Waals surface area contributed by atoms with Crippen LogP contribution in [0.3, 0.4) is 0 Å². The molecule has 0 bridgehead atoms. The van der Waals surface area contributed by atoms with Crippen LogP contribution in [0.15, 0.2) is 49.1 Å². The average molecular weight is 435 g/mol. The average Bonchev–Trinajstić information content (AvgIpc) is 3.34. The number of aryl methyl sites for hydroxylation is 1. The van der Waals surface area contributed by atoms with E-state index in [0.29, 0.717) is 23.6 Å². The quantitative estimate of drug-likeness (QED) is 0.446. The van der Waals surface area contributed by atoms with Crippen LogP contribution < -0.4 is 9.91 Å². The number of methoxy groups -OCH3 is 1. The van der Waals surface area contributed by atoms with Crippen LogP contribution in [0.25, 0.3) is 27.9 Å². The summed E-state index contributed by atoms with van der Waals surface area (Å²) in [6.07, 6.45) is 5.04. The van der Waals surface area contributed by atoms with Gasteiger partial charge in [0.05, 0.1) is 30.0 Å². The number of fused-ring (bicyclic) bond motifs is 2. The highest BCUT2D eigenvalue weighted by Gasteiger charge is 2.15. The first-order chi connectivity index (χ1) is 15.1. The van der Waals surface area contributed by atoms with E-state index in [0.717, 1.165) is 34.1 Å². The number of hydrogen-bond donors (Lipinski definition) is 1. The van der Waals surface area contributed by atoms with E-state index in [2.05, 4.69) is 19.9 Å². The third-order valence-electron chi connectivity index (χ3n) is 5.11. The van der Waals surface area contributed by atoms with Gasteiger partial charge >= 0.3 is 0 Å². The fourth-order valence-corrected chi connectivity index (χ4v) is 3.73. The summed E-state index contributed by atoms with van der Waals surface area (Å²) >= 11 is 0. The maximum absolute atomic E-state index is 13.9. The molecule has 2 N–H and O–H groups in total. The molecule has 1 aromatic carbocycles. The van der Waals surface area contributed by atoms with Crippen molar-refractivity contribution in [3.8, 4) is 11.6 Å². The molecule has 10 nitrogen and oxygen atoms in total. The van der Waals surface area contributed by atoms with E-state index in [1.54, 1.807) is 24.5 Å². The first-order valence-electron chi connectivity index (χ1n) is 9.44. The Morgan fingerprint density at radius 3 is 2.78 bits per heavy atom. The third kappa shape index (κ3) is 3.44. The molecule has 0 unspecified atom stereocenters. The second-order valence-corrected chi connectivity index (χ2v) is 7.03. The Kier molecular flexibility index (Phi) is 5.33. The van der Waals surface area contributed by atoms with Crippen LogP contribution in [0.5, 0.6) is 5.88 Å². The maximum atomic E-state index is 13.9. The van der Waals surface area contributed by atoms with Gasteiger partial charge in [-0.2, -0.15) is 4.98 Å². The van der Waals surface area contributed by atoms with Crippen molar-refractivity contribution in [3.63, 3.8) is 0 Å². The van der Waals surface area contributed by atoms with Crippen molar-refractivity contribution in [2.24, 2.45) is 0 Å². The van der Waals surface area contributed by atoms with E-state index in [-0.39, 0.29) is 11.2 Å². The van der Waals surface area contributed by atoms with E-state index >= 15 is 0 Å². The lowest BCUT2D eigenvalue weighted by atomic mass is 10.2. The molecule has 5 rings (SSSR count). The smallest absolute Gasteiger partial charge is 0.256 e. The minimum absolute atomic E-state index is 0. The van der Waals surface area contributed by atoms with Crippen LogP contribution in [0.4, 0.5) is 10.1 Å². The van der Waals surface area contributed by atoms with Crippen molar-refractivity contribution in [2.45, 2.75) is 13.5 Å². The minimum Gasteiger partial charge on any atom is -0.870 e. The predicted molar refractivity (Wildman–Crippen MR) is 113 cm³/mol. The third-order valence-corrected chi connectivity index (χ3v) is 5.11. The van der Waals surface area contributed by atoms with Crippen LogP contribution >= 0.6 is 0 Å². The SMILES string of the molecule is COc1ncnc2ccn(-c3cnc4nc(C)n(Cc5cc(F)cc([NH+]=O)c5)c4c3)c12.[OH-]. The summed E-state index contributed by atoms with van der Waals surface area (Å²) in [7, 11) is 1.56. The number of aromatic nitrogens is 6. The molecule has 4 aromatic heterocycles. The van der Waals surface area contributed by atoms with Crippen LogP contribution in [0.2, 0.25) is 0 Å². The van der Waals surface area contributed by atoms with Gasteiger partial charge in [0.2, 0.25) is 5.88 Å². The Hall–Kier alpha value is -4.25. The van der Waals surface area contributed by atoms with Crippen molar-refractivity contribution < 1.29 is 19.8 Å². The van der Waals surface area contributed by atoms with Crippen LogP contribution in [-0.4, -0.2) is 41.7 Å². The van der Waals surface area contributed by atoms with Gasteiger partial charge in [0, 0.05) is 35.0 Å². The molecule has 4 heterocycles. The summed E-state index contributed by atoms with van der Waals surface area (Å²) in [5, 5.41) is 1.74. The lowest BCUT2D eigenvalue weighted by Gasteiger charge is -2.10. The fourth-order valence-electron chi connectivity index (χ4n) is 3.73. The van der Waals surface area contributed by atoms with Crippen molar-refractivity contribution in [2.75, 3.05) is 7.11 Å². The molecule has 0 aliphatic carbocycles. The van der Waals surface area contributed by atoms with Gasteiger partial charge in [-0.3, -0.25) is 0 Å². The fraction of sp³-hybridized carbons (Fsp3) is 0.143. The van der Waals surface area contributed by atoms with Crippen molar-refractivity contribution in [1.82, 2.24) is 29.1 Å². The van der Waals surface area contributed by atoms with Gasteiger partial charge in [0.25, 0.3) is 5.69 Å². The van der Waals surface area contributed by atoms with E-state index in [9.17, 15) is 9.30 Å². The summed E-state index contributed by atoms with van der Waals surface area (Å²) in [5.74, 6) is 0.693. The highest BCUT2D eigenvalue weighted by molar-refractivity contribution is 5.83. The van der Waals surface area contributed by atoms with Crippen LogP contribution in [-0.2, 0) is 6.54 Å². The first-order valence-corrected chi connectivity index (χ1v) is 9.44. The molecule has 0 spiro atoms. The number of nitroso groups, excluding NO2 is 1. The van der Waals surface area contributed by atoms with Crippen molar-refractivity contribution in [1.29, 1.82) is 0 Å². The molecule has 5 aromatic rings. The standard InChI is InChI=1S/C21H16FN7O2.H2O/c1-12-26-20-18(29(12)10-13-5-14(22)7-15(6-13)27-30)8-16(9-23-20)28-4-3-17-19(28)21(31-2)25-11-24-17;/h3-9,11H,10H2,1-2H3;1H2. The number of nitrogens with one attached hydrogen (secondary N) is 1. The first kappa shape index (κ1) is 21.0. The monoisotopic (exact) mass is 435 g/mol. The van der Waals surface area contributed by atoms with Gasteiger partial charge < -0.3 is 19.3 Å². The van der Waals surface area contributed by atoms with Crippen molar-refractivity contribution >= 4 is 27.9 Å². The number of rotatable bonds is 5. The molecule has 0 amide bonds. The van der Waals surface area contributed by atoms with E-state index < -0.39 is 5.82 Å². The Morgan fingerprint density at radius 1 is 1.16 bits per heavy atom. The van der Waals surface area contributed by atoms with Crippen LogP contribution in [0, 0.1) is 17.6 Å². The topological polar surface area (TPSA) is 132 Å². The van der Waals surface area contributed by atoms with Gasteiger partial charge in [-0.1, -0.05) is 0 Å². The zero-order valence-electron chi connectivity index (χ0n) is 17.2. The Bertz CT molecular complexity index is 1460. The molecule has 0 saturated carbocycles. The lowest BCUT2D eigenvalue weighted by Crippen LogP contribution is -2.55. The highest BCUT2D eigenvalue weighted by Crippen LogP contribution is 2.27. The number of ether oxygens (including phenoxy) is 1. The minimum atomic E-state index is -0.484. The normalized spacial score (nSPS) is 11.0. The predicted octanol–water partition coefficient (Wildman–Crippen LogP) is 1.97. The zero-order valence-corrected chi connectivity index (χ0v) is 17.2. The number of imidazole rings is 1. The molecule has 11 heteroatoms. The molecule has 0 atom stereocenters. The number of nitrogens with zero attached hydrogens (tertiary/aromatic N) is 6. The number of pyridine rings is 1. The van der Waals surface area contributed by atoms with Gasteiger partial charge in [0.15, 0.2) is 5.65 Å². The summed E-state index contributed by atoms with van der Waals surface area (Å²) in [5.41, 5.74) is 4.39. The maximum Gasteiger partial charge on any atom is 0.256 e. The summed E-state index contributed by atoms with van der Waals surface area (Å²) in [4.78, 5) is 28.5. The summed E-state index contributed by atoms with van der Waals surface area (Å²) in [6, 6.07) is 7.98. The molecule has 0 fully saturated rings.